The maximum Gasteiger partial charge on any atom is 0.191 e. The molecular formula is C24H41N5O. The average molecular weight is 416 g/mol. The number of likely N-dealkylation sites (N-methyl/N-ethyl adjacent to an activating group) is 1. The minimum atomic E-state index is 0.381. The number of aliphatic imine (C=N–C) groups is 1. The monoisotopic (exact) mass is 415 g/mol. The van der Waals surface area contributed by atoms with Crippen LogP contribution in [0.5, 0.6) is 0 Å². The molecule has 0 bridgehead atoms. The standard InChI is InChI=1S/C24H41N5O/c1-4-28-13-15-29(16-14-28)19-22-9-6-5-8-21(22)18-26-23(25-2)27-20-24(10-7-11-24)12-17-30-3/h5-6,8-9H,4,7,10-20H2,1-3H3,(H2,25,26,27). The van der Waals surface area contributed by atoms with Crippen LogP contribution in [0.4, 0.5) is 0 Å². The molecule has 1 aliphatic heterocycles. The Morgan fingerprint density at radius 3 is 2.37 bits per heavy atom. The van der Waals surface area contributed by atoms with E-state index in [2.05, 4.69) is 56.6 Å². The van der Waals surface area contributed by atoms with Gasteiger partial charge in [-0.1, -0.05) is 37.6 Å². The maximum atomic E-state index is 5.32. The predicted octanol–water partition coefficient (Wildman–Crippen LogP) is 2.70. The van der Waals surface area contributed by atoms with Gasteiger partial charge in [0.2, 0.25) is 0 Å². The molecule has 0 atom stereocenters. The van der Waals surface area contributed by atoms with Crippen molar-refractivity contribution in [1.29, 1.82) is 0 Å². The Labute approximate surface area is 183 Å². The van der Waals surface area contributed by atoms with Gasteiger partial charge in [-0.25, -0.2) is 0 Å². The van der Waals surface area contributed by atoms with E-state index in [0.717, 1.165) is 58.3 Å². The molecule has 1 aromatic rings. The van der Waals surface area contributed by atoms with Gasteiger partial charge >= 0.3 is 0 Å². The largest absolute Gasteiger partial charge is 0.385 e. The number of piperazine rings is 1. The molecule has 1 aliphatic carbocycles. The average Bonchev–Trinajstić information content (AvgIpc) is 2.76. The molecule has 1 aromatic carbocycles. The zero-order chi connectivity index (χ0) is 21.2. The van der Waals surface area contributed by atoms with Gasteiger partial charge < -0.3 is 20.3 Å². The summed E-state index contributed by atoms with van der Waals surface area (Å²) in [7, 11) is 3.65. The molecule has 30 heavy (non-hydrogen) atoms. The van der Waals surface area contributed by atoms with Crippen LogP contribution in [-0.2, 0) is 17.8 Å². The van der Waals surface area contributed by atoms with Gasteiger partial charge in [0, 0.05) is 66.6 Å². The molecule has 1 saturated carbocycles. The number of benzene rings is 1. The summed E-state index contributed by atoms with van der Waals surface area (Å²) in [5.41, 5.74) is 3.16. The third-order valence-corrected chi connectivity index (χ3v) is 6.98. The third-order valence-electron chi connectivity index (χ3n) is 6.98. The van der Waals surface area contributed by atoms with Crippen LogP contribution in [0.25, 0.3) is 0 Å². The minimum absolute atomic E-state index is 0.381. The highest BCUT2D eigenvalue weighted by molar-refractivity contribution is 5.79. The molecule has 6 heteroatoms. The number of nitrogens with zero attached hydrogens (tertiary/aromatic N) is 3. The lowest BCUT2D eigenvalue weighted by Crippen LogP contribution is -2.47. The van der Waals surface area contributed by atoms with Gasteiger partial charge in [-0.3, -0.25) is 9.89 Å². The third kappa shape index (κ3) is 6.43. The van der Waals surface area contributed by atoms with Crippen LogP contribution in [0, 0.1) is 5.41 Å². The van der Waals surface area contributed by atoms with Crippen molar-refractivity contribution >= 4 is 5.96 Å². The molecule has 2 N–H and O–H groups in total. The molecule has 3 rings (SSSR count). The number of hydrogen-bond acceptors (Lipinski definition) is 4. The van der Waals surface area contributed by atoms with E-state index in [0.29, 0.717) is 5.41 Å². The summed E-state index contributed by atoms with van der Waals surface area (Å²) in [6.45, 7) is 11.7. The van der Waals surface area contributed by atoms with Gasteiger partial charge in [0.1, 0.15) is 0 Å². The summed E-state index contributed by atoms with van der Waals surface area (Å²) in [4.78, 5) is 9.56. The van der Waals surface area contributed by atoms with Crippen LogP contribution in [0.1, 0.15) is 43.7 Å². The normalized spacial score (nSPS) is 20.0. The van der Waals surface area contributed by atoms with E-state index in [-0.39, 0.29) is 0 Å². The van der Waals surface area contributed by atoms with Crippen LogP contribution >= 0.6 is 0 Å². The lowest BCUT2D eigenvalue weighted by molar-refractivity contribution is 0.0732. The van der Waals surface area contributed by atoms with E-state index in [1.807, 2.05) is 7.05 Å². The van der Waals surface area contributed by atoms with Gasteiger partial charge in [-0.15, -0.1) is 0 Å². The second kappa shape index (κ2) is 11.7. The number of rotatable bonds is 10. The predicted molar refractivity (Wildman–Crippen MR) is 125 cm³/mol. The molecule has 2 aliphatic rings. The highest BCUT2D eigenvalue weighted by atomic mass is 16.5. The molecule has 6 nitrogen and oxygen atoms in total. The van der Waals surface area contributed by atoms with Crippen molar-refractivity contribution in [3.05, 3.63) is 35.4 Å². The van der Waals surface area contributed by atoms with Gasteiger partial charge in [-0.2, -0.15) is 0 Å². The fourth-order valence-electron chi connectivity index (χ4n) is 4.57. The first-order chi connectivity index (χ1) is 14.7. The topological polar surface area (TPSA) is 52.1 Å². The Hall–Kier alpha value is -1.63. The van der Waals surface area contributed by atoms with Crippen molar-refractivity contribution in [2.45, 2.75) is 45.7 Å². The Morgan fingerprint density at radius 1 is 1.07 bits per heavy atom. The lowest BCUT2D eigenvalue weighted by atomic mass is 9.67. The second-order valence-corrected chi connectivity index (χ2v) is 8.85. The summed E-state index contributed by atoms with van der Waals surface area (Å²) < 4.78 is 5.32. The minimum Gasteiger partial charge on any atom is -0.385 e. The van der Waals surface area contributed by atoms with E-state index in [9.17, 15) is 0 Å². The van der Waals surface area contributed by atoms with Gasteiger partial charge in [0.25, 0.3) is 0 Å². The Morgan fingerprint density at radius 2 is 1.77 bits per heavy atom. The Balaban J connectivity index is 1.49. The van der Waals surface area contributed by atoms with Crippen molar-refractivity contribution in [3.8, 4) is 0 Å². The van der Waals surface area contributed by atoms with Gasteiger partial charge in [0.15, 0.2) is 5.96 Å². The van der Waals surface area contributed by atoms with E-state index in [1.165, 1.54) is 43.5 Å². The van der Waals surface area contributed by atoms with Crippen LogP contribution in [0.15, 0.2) is 29.3 Å². The van der Waals surface area contributed by atoms with Crippen LogP contribution in [-0.4, -0.2) is 75.8 Å². The summed E-state index contributed by atoms with van der Waals surface area (Å²) >= 11 is 0. The summed E-state index contributed by atoms with van der Waals surface area (Å²) in [5.74, 6) is 0.894. The molecule has 168 valence electrons. The molecule has 0 aromatic heterocycles. The fraction of sp³-hybridized carbons (Fsp3) is 0.708. The highest BCUT2D eigenvalue weighted by Crippen LogP contribution is 2.43. The van der Waals surface area contributed by atoms with Crippen LogP contribution in [0.2, 0.25) is 0 Å². The van der Waals surface area contributed by atoms with E-state index >= 15 is 0 Å². The van der Waals surface area contributed by atoms with E-state index in [4.69, 9.17) is 4.74 Å². The molecule has 1 heterocycles. The smallest absolute Gasteiger partial charge is 0.191 e. The second-order valence-electron chi connectivity index (χ2n) is 8.85. The van der Waals surface area contributed by atoms with Gasteiger partial charge in [-0.05, 0) is 42.3 Å². The van der Waals surface area contributed by atoms with Crippen LogP contribution in [0.3, 0.4) is 0 Å². The van der Waals surface area contributed by atoms with Crippen LogP contribution < -0.4 is 10.6 Å². The maximum absolute atomic E-state index is 5.32. The lowest BCUT2D eigenvalue weighted by Gasteiger charge is -2.42. The van der Waals surface area contributed by atoms with Crippen molar-refractivity contribution in [1.82, 2.24) is 20.4 Å². The number of hydrogen-bond donors (Lipinski definition) is 2. The summed E-state index contributed by atoms with van der Waals surface area (Å²) in [5, 5.41) is 7.11. The number of nitrogens with one attached hydrogen (secondary N) is 2. The Kier molecular flexibility index (Phi) is 8.97. The summed E-state index contributed by atoms with van der Waals surface area (Å²) in [6, 6.07) is 8.81. The molecule has 0 amide bonds. The fourth-order valence-corrected chi connectivity index (χ4v) is 4.57. The zero-order valence-electron chi connectivity index (χ0n) is 19.3. The number of guanidine groups is 1. The number of ether oxygens (including phenoxy) is 1. The highest BCUT2D eigenvalue weighted by Gasteiger charge is 2.36. The SMILES string of the molecule is CCN1CCN(Cc2ccccc2CNC(=NC)NCC2(CCOC)CCC2)CC1. The zero-order valence-corrected chi connectivity index (χ0v) is 19.3. The van der Waals surface area contributed by atoms with Gasteiger partial charge in [0.05, 0.1) is 0 Å². The summed E-state index contributed by atoms with van der Waals surface area (Å²) in [6.07, 6.45) is 5.03. The molecular weight excluding hydrogens is 374 g/mol. The van der Waals surface area contributed by atoms with Crippen molar-refractivity contribution in [3.63, 3.8) is 0 Å². The molecule has 1 saturated heterocycles. The first-order valence-corrected chi connectivity index (χ1v) is 11.6. The first-order valence-electron chi connectivity index (χ1n) is 11.6. The molecule has 0 radical (unpaired) electrons. The molecule has 0 unspecified atom stereocenters. The van der Waals surface area contributed by atoms with Crippen molar-refractivity contribution in [2.75, 3.05) is 60.0 Å². The van der Waals surface area contributed by atoms with E-state index in [1.54, 1.807) is 7.11 Å². The molecule has 0 spiro atoms. The van der Waals surface area contributed by atoms with Crippen molar-refractivity contribution in [2.24, 2.45) is 10.4 Å². The molecule has 2 fully saturated rings. The van der Waals surface area contributed by atoms with Crippen molar-refractivity contribution < 1.29 is 4.74 Å². The van der Waals surface area contributed by atoms with E-state index < -0.39 is 0 Å². The Bertz CT molecular complexity index is 665. The quantitative estimate of drug-likeness (QED) is 0.455. The first kappa shape index (κ1) is 23.0. The number of methoxy groups -OCH3 is 1.